The van der Waals surface area contributed by atoms with E-state index in [0.717, 1.165) is 24.1 Å². The summed E-state index contributed by atoms with van der Waals surface area (Å²) in [5, 5.41) is 4.14. The fourth-order valence-corrected chi connectivity index (χ4v) is 2.08. The lowest BCUT2D eigenvalue weighted by atomic mass is 10.1. The maximum absolute atomic E-state index is 13.7. The summed E-state index contributed by atoms with van der Waals surface area (Å²) in [5.41, 5.74) is 0.240. The lowest BCUT2D eigenvalue weighted by molar-refractivity contribution is 0.422. The Morgan fingerprint density at radius 3 is 2.82 bits per heavy atom. The van der Waals surface area contributed by atoms with Gasteiger partial charge in [-0.3, -0.25) is 0 Å². The molecule has 1 aromatic heterocycles. The first kappa shape index (κ1) is 12.4. The summed E-state index contributed by atoms with van der Waals surface area (Å²) < 4.78 is 19.3. The minimum atomic E-state index is -0.484. The summed E-state index contributed by atoms with van der Waals surface area (Å²) >= 11 is 5.72. The van der Waals surface area contributed by atoms with Gasteiger partial charge in [-0.25, -0.2) is 4.39 Å². The molecule has 4 heteroatoms. The number of rotatable bonds is 4. The molecule has 0 amide bonds. The van der Waals surface area contributed by atoms with Gasteiger partial charge in [-0.15, -0.1) is 0 Å². The molecule has 0 fully saturated rings. The molecule has 2 nitrogen and oxygen atoms in total. The summed E-state index contributed by atoms with van der Waals surface area (Å²) in [6.45, 7) is 4.94. The zero-order valence-electron chi connectivity index (χ0n) is 9.89. The lowest BCUT2D eigenvalue weighted by Crippen LogP contribution is -2.19. The van der Waals surface area contributed by atoms with Crippen molar-refractivity contribution >= 4 is 22.6 Å². The lowest BCUT2D eigenvalue weighted by Gasteiger charge is -2.11. The third kappa shape index (κ3) is 2.31. The molecular weight excluding hydrogens is 241 g/mol. The van der Waals surface area contributed by atoms with Crippen LogP contribution >= 0.6 is 11.6 Å². The van der Waals surface area contributed by atoms with Crippen LogP contribution in [0.2, 0.25) is 5.02 Å². The first-order valence-corrected chi connectivity index (χ1v) is 6.16. The highest BCUT2D eigenvalue weighted by molar-refractivity contribution is 6.31. The molecule has 1 aromatic carbocycles. The quantitative estimate of drug-likeness (QED) is 0.882. The predicted molar refractivity (Wildman–Crippen MR) is 67.9 cm³/mol. The maximum Gasteiger partial charge on any atom is 0.184 e. The fraction of sp³-hybridized carbons (Fsp3) is 0.385. The molecular formula is C13H15ClFNO. The number of hydrogen-bond donors (Lipinski definition) is 1. The van der Waals surface area contributed by atoms with Gasteiger partial charge in [0.25, 0.3) is 0 Å². The Morgan fingerprint density at radius 1 is 1.41 bits per heavy atom. The largest absolute Gasteiger partial charge is 0.456 e. The van der Waals surface area contributed by atoms with E-state index in [2.05, 4.69) is 12.2 Å². The first-order valence-electron chi connectivity index (χ1n) is 5.78. The number of furan rings is 1. The normalized spacial score (nSPS) is 13.2. The van der Waals surface area contributed by atoms with Gasteiger partial charge in [0.05, 0.1) is 11.1 Å². The molecule has 1 unspecified atom stereocenters. The van der Waals surface area contributed by atoms with Crippen LogP contribution in [-0.2, 0) is 0 Å². The molecule has 0 spiro atoms. The standard InChI is InChI=1S/C13H15ClFNO/c1-3-10(16-4-2)11-7-8-5-6-9(14)12(15)13(8)17-11/h5-7,10,16H,3-4H2,1-2H3. The second-order valence-corrected chi connectivity index (χ2v) is 4.35. The number of fused-ring (bicyclic) bond motifs is 1. The van der Waals surface area contributed by atoms with E-state index in [9.17, 15) is 4.39 Å². The number of nitrogens with one attached hydrogen (secondary N) is 1. The highest BCUT2D eigenvalue weighted by Gasteiger charge is 2.16. The number of hydrogen-bond acceptors (Lipinski definition) is 2. The van der Waals surface area contributed by atoms with Gasteiger partial charge in [0.2, 0.25) is 0 Å². The predicted octanol–water partition coefficient (Wildman–Crippen LogP) is 4.29. The second kappa shape index (κ2) is 5.07. The van der Waals surface area contributed by atoms with Crippen LogP contribution in [0, 0.1) is 5.82 Å². The number of halogens is 2. The molecule has 0 saturated heterocycles. The van der Waals surface area contributed by atoms with Gasteiger partial charge < -0.3 is 9.73 Å². The van der Waals surface area contributed by atoms with E-state index in [4.69, 9.17) is 16.0 Å². The smallest absolute Gasteiger partial charge is 0.184 e. The molecule has 0 aliphatic carbocycles. The van der Waals surface area contributed by atoms with Gasteiger partial charge >= 0.3 is 0 Å². The zero-order chi connectivity index (χ0) is 12.4. The van der Waals surface area contributed by atoms with E-state index in [-0.39, 0.29) is 16.6 Å². The second-order valence-electron chi connectivity index (χ2n) is 3.95. The summed E-state index contributed by atoms with van der Waals surface area (Å²) in [5.74, 6) is 0.271. The molecule has 1 N–H and O–H groups in total. The van der Waals surface area contributed by atoms with E-state index in [0.29, 0.717) is 0 Å². The number of benzene rings is 1. The summed E-state index contributed by atoms with van der Waals surface area (Å²) in [7, 11) is 0. The molecule has 1 heterocycles. The van der Waals surface area contributed by atoms with Crippen molar-refractivity contribution in [3.8, 4) is 0 Å². The molecule has 0 aliphatic rings. The Labute approximate surface area is 105 Å². The van der Waals surface area contributed by atoms with Crippen molar-refractivity contribution in [3.63, 3.8) is 0 Å². The van der Waals surface area contributed by atoms with E-state index >= 15 is 0 Å². The minimum absolute atomic E-state index is 0.0925. The highest BCUT2D eigenvalue weighted by Crippen LogP contribution is 2.30. The Balaban J connectivity index is 2.47. The van der Waals surface area contributed by atoms with E-state index in [1.807, 2.05) is 13.0 Å². The van der Waals surface area contributed by atoms with Crippen LogP contribution in [-0.4, -0.2) is 6.54 Å². The molecule has 92 valence electrons. The molecule has 0 saturated carbocycles. The molecule has 1 atom stereocenters. The van der Waals surface area contributed by atoms with Crippen LogP contribution in [0.5, 0.6) is 0 Å². The SMILES string of the molecule is CCNC(CC)c1cc2ccc(Cl)c(F)c2o1. The fourth-order valence-electron chi connectivity index (χ4n) is 1.93. The maximum atomic E-state index is 13.7. The van der Waals surface area contributed by atoms with E-state index in [1.54, 1.807) is 12.1 Å². The van der Waals surface area contributed by atoms with Crippen LogP contribution in [0.4, 0.5) is 4.39 Å². The summed E-state index contributed by atoms with van der Waals surface area (Å²) in [4.78, 5) is 0. The Morgan fingerprint density at radius 2 is 2.18 bits per heavy atom. The van der Waals surface area contributed by atoms with Crippen LogP contribution in [0.1, 0.15) is 32.1 Å². The van der Waals surface area contributed by atoms with Crippen molar-refractivity contribution < 1.29 is 8.81 Å². The van der Waals surface area contributed by atoms with Crippen LogP contribution < -0.4 is 5.32 Å². The van der Waals surface area contributed by atoms with Crippen molar-refractivity contribution in [2.45, 2.75) is 26.3 Å². The molecule has 0 bridgehead atoms. The Kier molecular flexibility index (Phi) is 3.69. The van der Waals surface area contributed by atoms with Crippen molar-refractivity contribution in [1.29, 1.82) is 0 Å². The topological polar surface area (TPSA) is 25.2 Å². The minimum Gasteiger partial charge on any atom is -0.456 e. The van der Waals surface area contributed by atoms with Crippen molar-refractivity contribution in [1.82, 2.24) is 5.32 Å². The average molecular weight is 256 g/mol. The van der Waals surface area contributed by atoms with Gasteiger partial charge in [0, 0.05) is 5.39 Å². The van der Waals surface area contributed by atoms with E-state index < -0.39 is 5.82 Å². The van der Waals surface area contributed by atoms with Crippen molar-refractivity contribution in [3.05, 3.63) is 34.8 Å². The summed E-state index contributed by atoms with van der Waals surface area (Å²) in [6.07, 6.45) is 0.892. The van der Waals surface area contributed by atoms with Crippen LogP contribution in [0.3, 0.4) is 0 Å². The van der Waals surface area contributed by atoms with Crippen molar-refractivity contribution in [2.75, 3.05) is 6.54 Å². The van der Waals surface area contributed by atoms with Crippen molar-refractivity contribution in [2.24, 2.45) is 0 Å². The van der Waals surface area contributed by atoms with Gasteiger partial charge in [-0.1, -0.05) is 25.4 Å². The highest BCUT2D eigenvalue weighted by atomic mass is 35.5. The van der Waals surface area contributed by atoms with Gasteiger partial charge in [0.15, 0.2) is 11.4 Å². The molecule has 0 aliphatic heterocycles. The van der Waals surface area contributed by atoms with Gasteiger partial charge in [-0.2, -0.15) is 0 Å². The molecule has 2 rings (SSSR count). The third-order valence-electron chi connectivity index (χ3n) is 2.80. The Bertz CT molecular complexity index is 523. The van der Waals surface area contributed by atoms with Gasteiger partial charge in [0.1, 0.15) is 5.76 Å². The van der Waals surface area contributed by atoms with E-state index in [1.165, 1.54) is 0 Å². The Hall–Kier alpha value is -1.06. The molecule has 2 aromatic rings. The molecule has 17 heavy (non-hydrogen) atoms. The average Bonchev–Trinajstić information content (AvgIpc) is 2.75. The molecule has 0 radical (unpaired) electrons. The van der Waals surface area contributed by atoms with Crippen LogP contribution in [0.25, 0.3) is 11.0 Å². The summed E-state index contributed by atoms with van der Waals surface area (Å²) in [6, 6.07) is 5.30. The third-order valence-corrected chi connectivity index (χ3v) is 3.09. The first-order chi connectivity index (χ1) is 8.17. The zero-order valence-corrected chi connectivity index (χ0v) is 10.6. The van der Waals surface area contributed by atoms with Gasteiger partial charge in [-0.05, 0) is 31.2 Å². The monoisotopic (exact) mass is 255 g/mol. The van der Waals surface area contributed by atoms with Crippen LogP contribution in [0.15, 0.2) is 22.6 Å².